The van der Waals surface area contributed by atoms with Gasteiger partial charge in [0.1, 0.15) is 5.15 Å². The molecule has 4 heteroatoms. The highest BCUT2D eigenvalue weighted by molar-refractivity contribution is 6.31. The molecule has 0 aliphatic carbocycles. The van der Waals surface area contributed by atoms with Crippen LogP contribution in [0.5, 0.6) is 0 Å². The summed E-state index contributed by atoms with van der Waals surface area (Å²) in [6, 6.07) is 9.30. The average Bonchev–Trinajstić information content (AvgIpc) is 2.26. The molecule has 1 aromatic carbocycles. The third-order valence-corrected chi connectivity index (χ3v) is 2.29. The number of primary amides is 1. The number of nitrogens with two attached hydrogens (primary N) is 1. The number of benzene rings is 1. The molecule has 1 amide bonds. The van der Waals surface area contributed by atoms with Crippen molar-refractivity contribution in [3.8, 4) is 11.8 Å². The second-order valence-corrected chi connectivity index (χ2v) is 3.49. The van der Waals surface area contributed by atoms with Gasteiger partial charge in [-0.1, -0.05) is 35.7 Å². The fourth-order valence-electron chi connectivity index (χ4n) is 1.31. The summed E-state index contributed by atoms with van der Waals surface area (Å²) in [6.07, 6.45) is 0. The Bertz CT molecular complexity index is 626. The fraction of sp³-hybridized carbons (Fsp3) is 0. The summed E-state index contributed by atoms with van der Waals surface area (Å²) in [5.74, 6) is 4.13. The van der Waals surface area contributed by atoms with Crippen LogP contribution in [-0.2, 0) is 4.79 Å². The van der Waals surface area contributed by atoms with Crippen LogP contribution in [0.4, 0.5) is 0 Å². The SMILES string of the molecule is NC(=O)C#Cc1cc2ccccc2nc1Cl. The number of carbonyl (C=O) groups excluding carboxylic acids is 1. The van der Waals surface area contributed by atoms with Crippen LogP contribution in [-0.4, -0.2) is 10.9 Å². The Morgan fingerprint density at radius 1 is 1.38 bits per heavy atom. The Morgan fingerprint density at radius 3 is 2.88 bits per heavy atom. The zero-order valence-electron chi connectivity index (χ0n) is 8.20. The lowest BCUT2D eigenvalue weighted by Crippen LogP contribution is -2.06. The number of carbonyl (C=O) groups is 1. The lowest BCUT2D eigenvalue weighted by molar-refractivity contribution is -0.112. The van der Waals surface area contributed by atoms with E-state index >= 15 is 0 Å². The first-order chi connectivity index (χ1) is 7.66. The van der Waals surface area contributed by atoms with Gasteiger partial charge < -0.3 is 5.73 Å². The van der Waals surface area contributed by atoms with Crippen molar-refractivity contribution >= 4 is 28.4 Å². The summed E-state index contributed by atoms with van der Waals surface area (Å²) >= 11 is 5.92. The molecule has 2 N–H and O–H groups in total. The Balaban J connectivity index is 2.60. The van der Waals surface area contributed by atoms with Crippen molar-refractivity contribution in [3.63, 3.8) is 0 Å². The molecule has 0 spiro atoms. The largest absolute Gasteiger partial charge is 0.359 e. The highest BCUT2D eigenvalue weighted by Gasteiger charge is 2.01. The van der Waals surface area contributed by atoms with E-state index in [9.17, 15) is 4.79 Å². The summed E-state index contributed by atoms with van der Waals surface area (Å²) in [7, 11) is 0. The Morgan fingerprint density at radius 2 is 2.12 bits per heavy atom. The van der Waals surface area contributed by atoms with Crippen molar-refractivity contribution in [1.82, 2.24) is 4.98 Å². The first-order valence-corrected chi connectivity index (χ1v) is 4.91. The Labute approximate surface area is 97.2 Å². The Hall–Kier alpha value is -2.05. The quantitative estimate of drug-likeness (QED) is 0.554. The molecule has 0 atom stereocenters. The zero-order chi connectivity index (χ0) is 11.5. The molecule has 0 bridgehead atoms. The second-order valence-electron chi connectivity index (χ2n) is 3.13. The van der Waals surface area contributed by atoms with E-state index in [2.05, 4.69) is 16.8 Å². The van der Waals surface area contributed by atoms with E-state index in [1.165, 1.54) is 0 Å². The van der Waals surface area contributed by atoms with Gasteiger partial charge in [-0.15, -0.1) is 0 Å². The van der Waals surface area contributed by atoms with E-state index < -0.39 is 5.91 Å². The lowest BCUT2D eigenvalue weighted by atomic mass is 10.1. The highest BCUT2D eigenvalue weighted by Crippen LogP contribution is 2.19. The molecule has 0 aliphatic rings. The standard InChI is InChI=1S/C12H7ClN2O/c13-12-9(5-6-11(14)16)7-8-3-1-2-4-10(8)15-12/h1-4,7H,(H2,14,16). The maximum atomic E-state index is 10.5. The molecule has 0 aliphatic heterocycles. The van der Waals surface area contributed by atoms with E-state index in [1.54, 1.807) is 6.07 Å². The topological polar surface area (TPSA) is 56.0 Å². The number of amides is 1. The van der Waals surface area contributed by atoms with Crippen molar-refractivity contribution in [3.05, 3.63) is 41.0 Å². The molecule has 0 unspecified atom stereocenters. The van der Waals surface area contributed by atoms with E-state index in [0.29, 0.717) is 5.56 Å². The minimum Gasteiger partial charge on any atom is -0.359 e. The number of pyridine rings is 1. The average molecular weight is 231 g/mol. The molecule has 3 nitrogen and oxygen atoms in total. The maximum absolute atomic E-state index is 10.5. The van der Waals surface area contributed by atoms with Crippen molar-refractivity contribution in [1.29, 1.82) is 0 Å². The molecule has 78 valence electrons. The molecule has 0 saturated heterocycles. The first kappa shape index (κ1) is 10.5. The number of rotatable bonds is 0. The van der Waals surface area contributed by atoms with Crippen LogP contribution in [0.3, 0.4) is 0 Å². The fourth-order valence-corrected chi connectivity index (χ4v) is 1.50. The third kappa shape index (κ3) is 2.13. The summed E-state index contributed by atoms with van der Waals surface area (Å²) < 4.78 is 0. The van der Waals surface area contributed by atoms with E-state index in [4.69, 9.17) is 17.3 Å². The number of para-hydroxylation sites is 1. The summed E-state index contributed by atoms with van der Waals surface area (Å²) in [4.78, 5) is 14.7. The molecule has 0 fully saturated rings. The summed E-state index contributed by atoms with van der Waals surface area (Å²) in [5, 5.41) is 1.19. The van der Waals surface area contributed by atoms with E-state index in [-0.39, 0.29) is 5.15 Å². The monoisotopic (exact) mass is 230 g/mol. The van der Waals surface area contributed by atoms with Gasteiger partial charge in [-0.2, -0.15) is 0 Å². The van der Waals surface area contributed by atoms with Crippen LogP contribution in [0.15, 0.2) is 30.3 Å². The van der Waals surface area contributed by atoms with Gasteiger partial charge in [0.2, 0.25) is 0 Å². The van der Waals surface area contributed by atoms with Crippen LogP contribution in [0.1, 0.15) is 5.56 Å². The molecule has 16 heavy (non-hydrogen) atoms. The third-order valence-electron chi connectivity index (χ3n) is 2.00. The number of halogens is 1. The number of hydrogen-bond donors (Lipinski definition) is 1. The van der Waals surface area contributed by atoms with Gasteiger partial charge in [0.25, 0.3) is 5.91 Å². The molecule has 0 radical (unpaired) electrons. The normalized spacial score (nSPS) is 9.56. The number of aromatic nitrogens is 1. The predicted molar refractivity (Wildman–Crippen MR) is 62.8 cm³/mol. The van der Waals surface area contributed by atoms with Crippen LogP contribution in [0.25, 0.3) is 10.9 Å². The smallest absolute Gasteiger partial charge is 0.293 e. The highest BCUT2D eigenvalue weighted by atomic mass is 35.5. The predicted octanol–water partition coefficient (Wildman–Crippen LogP) is 1.73. The van der Waals surface area contributed by atoms with Gasteiger partial charge in [-0.25, -0.2) is 4.98 Å². The zero-order valence-corrected chi connectivity index (χ0v) is 8.95. The van der Waals surface area contributed by atoms with Gasteiger partial charge in [-0.05, 0) is 12.1 Å². The van der Waals surface area contributed by atoms with Crippen LogP contribution in [0, 0.1) is 11.8 Å². The van der Waals surface area contributed by atoms with Gasteiger partial charge in [0, 0.05) is 11.3 Å². The van der Waals surface area contributed by atoms with E-state index in [1.807, 2.05) is 24.3 Å². The molecule has 0 saturated carbocycles. The van der Waals surface area contributed by atoms with E-state index in [0.717, 1.165) is 10.9 Å². The van der Waals surface area contributed by atoms with Gasteiger partial charge in [0.15, 0.2) is 0 Å². The first-order valence-electron chi connectivity index (χ1n) is 4.53. The number of nitrogens with zero attached hydrogens (tertiary/aromatic N) is 1. The van der Waals surface area contributed by atoms with Crippen molar-refractivity contribution in [2.24, 2.45) is 5.73 Å². The molecule has 2 aromatic rings. The number of hydrogen-bond acceptors (Lipinski definition) is 2. The maximum Gasteiger partial charge on any atom is 0.293 e. The van der Waals surface area contributed by atoms with Crippen molar-refractivity contribution < 1.29 is 4.79 Å². The molecular weight excluding hydrogens is 224 g/mol. The van der Waals surface area contributed by atoms with Crippen molar-refractivity contribution in [2.75, 3.05) is 0 Å². The van der Waals surface area contributed by atoms with Gasteiger partial charge in [-0.3, -0.25) is 4.79 Å². The van der Waals surface area contributed by atoms with Crippen LogP contribution in [0.2, 0.25) is 5.15 Å². The number of fused-ring (bicyclic) bond motifs is 1. The minimum absolute atomic E-state index is 0.271. The summed E-state index contributed by atoms with van der Waals surface area (Å²) in [6.45, 7) is 0. The lowest BCUT2D eigenvalue weighted by Gasteiger charge is -1.99. The van der Waals surface area contributed by atoms with Crippen molar-refractivity contribution in [2.45, 2.75) is 0 Å². The van der Waals surface area contributed by atoms with Crippen LogP contribution >= 0.6 is 11.6 Å². The molecular formula is C12H7ClN2O. The Kier molecular flexibility index (Phi) is 2.76. The molecule has 2 rings (SSSR count). The van der Waals surface area contributed by atoms with Gasteiger partial charge in [0.05, 0.1) is 11.1 Å². The van der Waals surface area contributed by atoms with Gasteiger partial charge >= 0.3 is 0 Å². The molecule has 1 aromatic heterocycles. The second kappa shape index (κ2) is 4.21. The molecule has 1 heterocycles. The minimum atomic E-state index is -0.691. The van der Waals surface area contributed by atoms with Crippen LogP contribution < -0.4 is 5.73 Å². The summed E-state index contributed by atoms with van der Waals surface area (Å²) in [5.41, 5.74) is 6.22.